The molecule has 1 N–H and O–H groups in total. The van der Waals surface area contributed by atoms with E-state index in [1.54, 1.807) is 6.07 Å². The fraction of sp³-hybridized carbons (Fsp3) is 0.190. The van der Waals surface area contributed by atoms with Crippen molar-refractivity contribution >= 4 is 44.0 Å². The second-order valence-corrected chi connectivity index (χ2v) is 8.93. The first-order valence-corrected chi connectivity index (χ1v) is 11.1. The maximum absolute atomic E-state index is 12.5. The first kappa shape index (κ1) is 21.0. The van der Waals surface area contributed by atoms with Gasteiger partial charge in [-0.1, -0.05) is 41.9 Å². The number of carbonyl (C=O) groups is 1. The number of halogens is 1. The van der Waals surface area contributed by atoms with Crippen molar-refractivity contribution in [2.24, 2.45) is 0 Å². The Morgan fingerprint density at radius 1 is 1.07 bits per heavy atom. The van der Waals surface area contributed by atoms with Gasteiger partial charge in [-0.05, 0) is 41.1 Å². The van der Waals surface area contributed by atoms with Gasteiger partial charge in [0.15, 0.2) is 0 Å². The van der Waals surface area contributed by atoms with Crippen LogP contribution in [0.3, 0.4) is 0 Å². The molecule has 8 heteroatoms. The van der Waals surface area contributed by atoms with Crippen LogP contribution < -0.4 is 14.4 Å². The largest absolute Gasteiger partial charge is 0.492 e. The number of ether oxygens (including phenoxy) is 1. The highest BCUT2D eigenvalue weighted by atomic mass is 35.5. The first-order chi connectivity index (χ1) is 13.8. The van der Waals surface area contributed by atoms with Gasteiger partial charge in [0.25, 0.3) is 5.91 Å². The normalized spacial score (nSPS) is 11.3. The number of nitrogens with one attached hydrogen (secondary N) is 1. The minimum atomic E-state index is -3.44. The summed E-state index contributed by atoms with van der Waals surface area (Å²) < 4.78 is 30.2. The van der Waals surface area contributed by atoms with E-state index < -0.39 is 15.9 Å². The van der Waals surface area contributed by atoms with Crippen LogP contribution in [0, 0.1) is 0 Å². The molecule has 0 aliphatic heterocycles. The zero-order valence-electron chi connectivity index (χ0n) is 16.1. The molecule has 3 rings (SSSR count). The lowest BCUT2D eigenvalue weighted by molar-refractivity contribution is 0.0947. The third-order valence-corrected chi connectivity index (χ3v) is 5.97. The Hall–Kier alpha value is -2.77. The number of rotatable bonds is 7. The summed E-state index contributed by atoms with van der Waals surface area (Å²) in [6, 6.07) is 18.3. The molecule has 0 heterocycles. The Kier molecular flexibility index (Phi) is 6.30. The average Bonchev–Trinajstić information content (AvgIpc) is 2.70. The Labute approximate surface area is 175 Å². The highest BCUT2D eigenvalue weighted by Gasteiger charge is 2.16. The lowest BCUT2D eigenvalue weighted by Gasteiger charge is -2.18. The van der Waals surface area contributed by atoms with Crippen LogP contribution in [0.2, 0.25) is 5.02 Å². The van der Waals surface area contributed by atoms with Crippen LogP contribution in [0.5, 0.6) is 5.75 Å². The predicted octanol–water partition coefficient (Wildman–Crippen LogP) is 3.70. The minimum absolute atomic E-state index is 0.199. The smallest absolute Gasteiger partial charge is 0.252 e. The second-order valence-electron chi connectivity index (χ2n) is 6.51. The number of carbonyl (C=O) groups excluding carboxylic acids is 1. The van der Waals surface area contributed by atoms with E-state index >= 15 is 0 Å². The molecule has 0 unspecified atom stereocenters. The average molecular weight is 433 g/mol. The molecule has 29 heavy (non-hydrogen) atoms. The van der Waals surface area contributed by atoms with Gasteiger partial charge in [0.1, 0.15) is 12.4 Å². The molecular weight excluding hydrogens is 412 g/mol. The molecule has 0 aliphatic rings. The Bertz CT molecular complexity index is 1150. The molecule has 0 radical (unpaired) electrons. The molecule has 0 aliphatic carbocycles. The SMILES string of the molecule is CN(c1ccc(Cl)c(C(=O)NCCOc2ccc3ccccc3c2)c1)S(C)(=O)=O. The van der Waals surface area contributed by atoms with Crippen LogP contribution in [-0.4, -0.2) is 40.8 Å². The number of nitrogens with zero attached hydrogens (tertiary/aromatic N) is 1. The van der Waals surface area contributed by atoms with E-state index in [0.29, 0.717) is 11.4 Å². The quantitative estimate of drug-likeness (QED) is 0.577. The van der Waals surface area contributed by atoms with Crippen LogP contribution in [0.15, 0.2) is 60.7 Å². The van der Waals surface area contributed by atoms with Crippen molar-refractivity contribution in [3.8, 4) is 5.75 Å². The fourth-order valence-corrected chi connectivity index (χ4v) is 3.46. The number of amides is 1. The summed E-state index contributed by atoms with van der Waals surface area (Å²) in [5, 5.41) is 5.18. The van der Waals surface area contributed by atoms with Gasteiger partial charge in [0, 0.05) is 7.05 Å². The summed E-state index contributed by atoms with van der Waals surface area (Å²) >= 11 is 6.11. The predicted molar refractivity (Wildman–Crippen MR) is 116 cm³/mol. The van der Waals surface area contributed by atoms with Crippen LogP contribution in [-0.2, 0) is 10.0 Å². The van der Waals surface area contributed by atoms with Crippen molar-refractivity contribution < 1.29 is 17.9 Å². The van der Waals surface area contributed by atoms with E-state index in [0.717, 1.165) is 21.3 Å². The lowest BCUT2D eigenvalue weighted by atomic mass is 10.1. The Morgan fingerprint density at radius 2 is 1.79 bits per heavy atom. The fourth-order valence-electron chi connectivity index (χ4n) is 2.76. The molecular formula is C21H21ClN2O4S. The summed E-state index contributed by atoms with van der Waals surface area (Å²) in [6.45, 7) is 0.554. The highest BCUT2D eigenvalue weighted by molar-refractivity contribution is 7.92. The zero-order chi connectivity index (χ0) is 21.0. The van der Waals surface area contributed by atoms with Crippen molar-refractivity contribution in [1.82, 2.24) is 5.32 Å². The molecule has 0 atom stereocenters. The summed E-state index contributed by atoms with van der Waals surface area (Å²) in [4.78, 5) is 12.5. The topological polar surface area (TPSA) is 75.7 Å². The molecule has 152 valence electrons. The minimum Gasteiger partial charge on any atom is -0.492 e. The lowest BCUT2D eigenvalue weighted by Crippen LogP contribution is -2.29. The molecule has 0 fully saturated rings. The van der Waals surface area contributed by atoms with Crippen LogP contribution in [0.25, 0.3) is 10.8 Å². The summed E-state index contributed by atoms with van der Waals surface area (Å²) in [5.74, 6) is 0.314. The third kappa shape index (κ3) is 5.19. The molecule has 1 amide bonds. The molecule has 3 aromatic rings. The van der Waals surface area contributed by atoms with Crippen LogP contribution >= 0.6 is 11.6 Å². The van der Waals surface area contributed by atoms with Gasteiger partial charge >= 0.3 is 0 Å². The molecule has 6 nitrogen and oxygen atoms in total. The van der Waals surface area contributed by atoms with Crippen molar-refractivity contribution in [3.05, 3.63) is 71.2 Å². The van der Waals surface area contributed by atoms with Gasteiger partial charge in [0.2, 0.25) is 10.0 Å². The third-order valence-electron chi connectivity index (χ3n) is 4.43. The van der Waals surface area contributed by atoms with Crippen molar-refractivity contribution in [1.29, 1.82) is 0 Å². The van der Waals surface area contributed by atoms with Crippen molar-refractivity contribution in [2.45, 2.75) is 0 Å². The zero-order valence-corrected chi connectivity index (χ0v) is 17.6. The standard InChI is InChI=1S/C21H21ClN2O4S/c1-24(29(2,26)27)17-8-10-20(22)19(14-17)21(25)23-11-12-28-18-9-7-15-5-3-4-6-16(15)13-18/h3-10,13-14H,11-12H2,1-2H3,(H,23,25). The maximum Gasteiger partial charge on any atom is 0.252 e. The number of hydrogen-bond donors (Lipinski definition) is 1. The summed E-state index contributed by atoms with van der Waals surface area (Å²) in [6.07, 6.45) is 1.09. The van der Waals surface area contributed by atoms with E-state index in [1.807, 2.05) is 42.5 Å². The first-order valence-electron chi connectivity index (χ1n) is 8.89. The Morgan fingerprint density at radius 3 is 2.52 bits per heavy atom. The van der Waals surface area contributed by atoms with Gasteiger partial charge in [-0.15, -0.1) is 0 Å². The van der Waals surface area contributed by atoms with Gasteiger partial charge in [-0.2, -0.15) is 0 Å². The second kappa shape index (κ2) is 8.71. The number of sulfonamides is 1. The van der Waals surface area contributed by atoms with Gasteiger partial charge < -0.3 is 10.1 Å². The number of hydrogen-bond acceptors (Lipinski definition) is 4. The summed E-state index contributed by atoms with van der Waals surface area (Å²) in [7, 11) is -2.03. The maximum atomic E-state index is 12.5. The summed E-state index contributed by atoms with van der Waals surface area (Å²) in [5.41, 5.74) is 0.555. The van der Waals surface area contributed by atoms with Crippen molar-refractivity contribution in [2.75, 3.05) is 30.8 Å². The molecule has 0 saturated heterocycles. The van der Waals surface area contributed by atoms with Crippen molar-refractivity contribution in [3.63, 3.8) is 0 Å². The van der Waals surface area contributed by atoms with E-state index in [-0.39, 0.29) is 23.7 Å². The molecule has 0 bridgehead atoms. The van der Waals surface area contributed by atoms with Crippen LogP contribution in [0.4, 0.5) is 5.69 Å². The van der Waals surface area contributed by atoms with Gasteiger partial charge in [0.05, 0.1) is 29.1 Å². The number of anilines is 1. The number of benzene rings is 3. The van der Waals surface area contributed by atoms with Gasteiger partial charge in [-0.25, -0.2) is 8.42 Å². The van der Waals surface area contributed by atoms with Crippen LogP contribution in [0.1, 0.15) is 10.4 Å². The van der Waals surface area contributed by atoms with E-state index in [1.165, 1.54) is 19.2 Å². The van der Waals surface area contributed by atoms with E-state index in [2.05, 4.69) is 5.32 Å². The Balaban J connectivity index is 1.60. The molecule has 0 aromatic heterocycles. The van der Waals surface area contributed by atoms with E-state index in [9.17, 15) is 13.2 Å². The van der Waals surface area contributed by atoms with Gasteiger partial charge in [-0.3, -0.25) is 9.10 Å². The van der Waals surface area contributed by atoms with E-state index in [4.69, 9.17) is 16.3 Å². The molecule has 0 saturated carbocycles. The monoisotopic (exact) mass is 432 g/mol. The molecule has 3 aromatic carbocycles. The molecule has 0 spiro atoms. The highest BCUT2D eigenvalue weighted by Crippen LogP contribution is 2.24. The number of fused-ring (bicyclic) bond motifs is 1.